The molecule has 0 aliphatic carbocycles. The van der Waals surface area contributed by atoms with E-state index in [1.54, 1.807) is 0 Å². The number of hydrogen-bond donors (Lipinski definition) is 2. The molecule has 1 saturated heterocycles. The van der Waals surface area contributed by atoms with Crippen LogP contribution in [-0.2, 0) is 4.79 Å². The fourth-order valence-electron chi connectivity index (χ4n) is 1.92. The molecule has 0 aromatic carbocycles. The summed E-state index contributed by atoms with van der Waals surface area (Å²) in [7, 11) is 0. The SMILES string of the molecule is CC(C)N1CCC(O)(C(F)(F)C(=O)O)CC1. The van der Waals surface area contributed by atoms with Crippen LogP contribution in [0.3, 0.4) is 0 Å². The third kappa shape index (κ3) is 2.17. The van der Waals surface area contributed by atoms with Crippen LogP contribution in [0.15, 0.2) is 0 Å². The molecule has 0 unspecified atom stereocenters. The van der Waals surface area contributed by atoms with Crippen molar-refractivity contribution in [3.8, 4) is 0 Å². The zero-order valence-corrected chi connectivity index (χ0v) is 9.41. The number of hydrogen-bond acceptors (Lipinski definition) is 3. The Morgan fingerprint density at radius 1 is 1.38 bits per heavy atom. The number of rotatable bonds is 3. The van der Waals surface area contributed by atoms with Gasteiger partial charge in [0, 0.05) is 19.1 Å². The summed E-state index contributed by atoms with van der Waals surface area (Å²) in [6.45, 7) is 4.44. The summed E-state index contributed by atoms with van der Waals surface area (Å²) in [5.74, 6) is -6.33. The van der Waals surface area contributed by atoms with Gasteiger partial charge in [0.25, 0.3) is 0 Å². The van der Waals surface area contributed by atoms with Crippen LogP contribution < -0.4 is 0 Å². The molecule has 0 bridgehead atoms. The highest BCUT2D eigenvalue weighted by Crippen LogP contribution is 2.37. The molecule has 0 saturated carbocycles. The number of carboxylic acid groups (broad SMARTS) is 1. The van der Waals surface area contributed by atoms with Gasteiger partial charge in [-0.3, -0.25) is 0 Å². The van der Waals surface area contributed by atoms with Gasteiger partial charge < -0.3 is 15.1 Å². The first-order chi connectivity index (χ1) is 7.21. The summed E-state index contributed by atoms with van der Waals surface area (Å²) in [6, 6.07) is 0.211. The predicted octanol–water partition coefficient (Wildman–Crippen LogP) is 0.942. The van der Waals surface area contributed by atoms with Gasteiger partial charge in [0.2, 0.25) is 0 Å². The van der Waals surface area contributed by atoms with Crippen molar-refractivity contribution < 1.29 is 23.8 Å². The average molecular weight is 237 g/mol. The van der Waals surface area contributed by atoms with Crippen molar-refractivity contribution in [2.45, 2.75) is 44.3 Å². The standard InChI is InChI=1S/C10H17F2NO3/c1-7(2)13-5-3-9(16,4-6-13)10(11,12)8(14)15/h7,16H,3-6H2,1-2H3,(H,14,15). The van der Waals surface area contributed by atoms with E-state index in [9.17, 15) is 18.7 Å². The Kier molecular flexibility index (Phi) is 3.54. The zero-order chi connectivity index (χ0) is 12.6. The zero-order valence-electron chi connectivity index (χ0n) is 9.41. The normalized spacial score (nSPS) is 22.4. The van der Waals surface area contributed by atoms with E-state index in [0.29, 0.717) is 0 Å². The van der Waals surface area contributed by atoms with Crippen molar-refractivity contribution in [2.24, 2.45) is 0 Å². The third-order valence-corrected chi connectivity index (χ3v) is 3.21. The average Bonchev–Trinajstić information content (AvgIpc) is 2.17. The first-order valence-corrected chi connectivity index (χ1v) is 5.28. The maximum absolute atomic E-state index is 13.3. The quantitative estimate of drug-likeness (QED) is 0.767. The molecular weight excluding hydrogens is 220 g/mol. The predicted molar refractivity (Wildman–Crippen MR) is 53.5 cm³/mol. The lowest BCUT2D eigenvalue weighted by molar-refractivity contribution is -0.219. The highest BCUT2D eigenvalue weighted by atomic mass is 19.3. The molecule has 0 radical (unpaired) electrons. The fourth-order valence-corrected chi connectivity index (χ4v) is 1.92. The number of likely N-dealkylation sites (tertiary alicyclic amines) is 1. The molecule has 1 fully saturated rings. The smallest absolute Gasteiger partial charge is 0.377 e. The van der Waals surface area contributed by atoms with E-state index in [4.69, 9.17) is 5.11 Å². The van der Waals surface area contributed by atoms with Crippen molar-refractivity contribution >= 4 is 5.97 Å². The van der Waals surface area contributed by atoms with Gasteiger partial charge in [-0.2, -0.15) is 8.78 Å². The molecule has 1 aliphatic rings. The highest BCUT2D eigenvalue weighted by Gasteiger charge is 2.59. The van der Waals surface area contributed by atoms with Gasteiger partial charge in [-0.25, -0.2) is 4.79 Å². The van der Waals surface area contributed by atoms with Gasteiger partial charge in [0.1, 0.15) is 5.60 Å². The second-order valence-corrected chi connectivity index (χ2v) is 4.54. The number of piperidine rings is 1. The van der Waals surface area contributed by atoms with Crippen LogP contribution >= 0.6 is 0 Å². The van der Waals surface area contributed by atoms with Crippen molar-refractivity contribution in [1.82, 2.24) is 4.90 Å². The highest BCUT2D eigenvalue weighted by molar-refractivity contribution is 5.77. The van der Waals surface area contributed by atoms with Gasteiger partial charge in [-0.15, -0.1) is 0 Å². The fraction of sp³-hybridized carbons (Fsp3) is 0.900. The van der Waals surface area contributed by atoms with Crippen LogP contribution in [0.25, 0.3) is 0 Å². The maximum Gasteiger partial charge on any atom is 0.377 e. The number of carbonyl (C=O) groups is 1. The Bertz CT molecular complexity index is 273. The summed E-state index contributed by atoms with van der Waals surface area (Å²) in [5, 5.41) is 18.1. The summed E-state index contributed by atoms with van der Waals surface area (Å²) in [4.78, 5) is 12.4. The van der Waals surface area contributed by atoms with Gasteiger partial charge in [0.05, 0.1) is 0 Å². The van der Waals surface area contributed by atoms with Crippen LogP contribution in [0.5, 0.6) is 0 Å². The molecule has 94 valence electrons. The molecule has 0 aromatic rings. The molecule has 0 spiro atoms. The third-order valence-electron chi connectivity index (χ3n) is 3.21. The number of aliphatic hydroxyl groups is 1. The first kappa shape index (κ1) is 13.3. The Morgan fingerprint density at radius 3 is 2.12 bits per heavy atom. The molecule has 0 amide bonds. The summed E-state index contributed by atoms with van der Waals surface area (Å²) in [5.41, 5.74) is -2.41. The molecule has 0 atom stereocenters. The Hall–Kier alpha value is -0.750. The molecule has 0 aromatic heterocycles. The van der Waals surface area contributed by atoms with Crippen LogP contribution in [0.4, 0.5) is 8.78 Å². The molecule has 16 heavy (non-hydrogen) atoms. The van der Waals surface area contributed by atoms with E-state index >= 15 is 0 Å². The van der Waals surface area contributed by atoms with Crippen LogP contribution in [-0.4, -0.2) is 51.7 Å². The summed E-state index contributed by atoms with van der Waals surface area (Å²) >= 11 is 0. The van der Waals surface area contributed by atoms with Crippen molar-refractivity contribution in [2.75, 3.05) is 13.1 Å². The van der Waals surface area contributed by atoms with Crippen LogP contribution in [0, 0.1) is 0 Å². The van der Waals surface area contributed by atoms with Gasteiger partial charge in [-0.1, -0.05) is 0 Å². The van der Waals surface area contributed by atoms with Crippen molar-refractivity contribution in [3.05, 3.63) is 0 Å². The van der Waals surface area contributed by atoms with E-state index in [0.717, 1.165) is 0 Å². The van der Waals surface area contributed by atoms with E-state index < -0.39 is 17.5 Å². The molecular formula is C10H17F2NO3. The Labute approximate surface area is 92.9 Å². The van der Waals surface area contributed by atoms with Crippen LogP contribution in [0.2, 0.25) is 0 Å². The minimum atomic E-state index is -4.07. The summed E-state index contributed by atoms with van der Waals surface area (Å²) < 4.78 is 26.6. The number of halogens is 2. The molecule has 2 N–H and O–H groups in total. The van der Waals surface area contributed by atoms with E-state index in [2.05, 4.69) is 0 Å². The van der Waals surface area contributed by atoms with E-state index in [1.807, 2.05) is 18.7 Å². The summed E-state index contributed by atoms with van der Waals surface area (Å²) in [6.07, 6.45) is -0.436. The monoisotopic (exact) mass is 237 g/mol. The minimum Gasteiger partial charge on any atom is -0.477 e. The lowest BCUT2D eigenvalue weighted by Crippen LogP contribution is -2.59. The Balaban J connectivity index is 2.73. The second-order valence-electron chi connectivity index (χ2n) is 4.54. The number of nitrogens with zero attached hydrogens (tertiary/aromatic N) is 1. The molecule has 4 nitrogen and oxygen atoms in total. The van der Waals surface area contributed by atoms with E-state index in [1.165, 1.54) is 0 Å². The molecule has 6 heteroatoms. The van der Waals surface area contributed by atoms with Crippen molar-refractivity contribution in [3.63, 3.8) is 0 Å². The van der Waals surface area contributed by atoms with Gasteiger partial charge in [-0.05, 0) is 26.7 Å². The minimum absolute atomic E-state index is 0.211. The Morgan fingerprint density at radius 2 is 1.81 bits per heavy atom. The van der Waals surface area contributed by atoms with Crippen LogP contribution in [0.1, 0.15) is 26.7 Å². The largest absolute Gasteiger partial charge is 0.477 e. The molecule has 1 aliphatic heterocycles. The number of carboxylic acids is 1. The number of aliphatic carboxylic acids is 1. The number of alkyl halides is 2. The topological polar surface area (TPSA) is 60.8 Å². The van der Waals surface area contributed by atoms with Crippen molar-refractivity contribution in [1.29, 1.82) is 0 Å². The van der Waals surface area contributed by atoms with E-state index in [-0.39, 0.29) is 32.0 Å². The molecule has 1 heterocycles. The second kappa shape index (κ2) is 4.25. The lowest BCUT2D eigenvalue weighted by atomic mass is 9.84. The lowest BCUT2D eigenvalue weighted by Gasteiger charge is -2.42. The molecule has 1 rings (SSSR count). The maximum atomic E-state index is 13.3. The first-order valence-electron chi connectivity index (χ1n) is 5.28. The van der Waals surface area contributed by atoms with Gasteiger partial charge in [0.15, 0.2) is 0 Å². The van der Waals surface area contributed by atoms with Gasteiger partial charge >= 0.3 is 11.9 Å².